The first kappa shape index (κ1) is 10.4. The van der Waals surface area contributed by atoms with Crippen LogP contribution in [0, 0.1) is 0 Å². The molecule has 0 aliphatic carbocycles. The van der Waals surface area contributed by atoms with Gasteiger partial charge in [0.2, 0.25) is 0 Å². The molecule has 2 aliphatic rings. The second-order valence-electron chi connectivity index (χ2n) is 2.42. The monoisotopic (exact) mass is 192 g/mol. The Kier molecular flexibility index (Phi) is 4.69. The first-order valence-electron chi connectivity index (χ1n) is 3.88. The number of hydrogen-bond donors (Lipinski definition) is 1. The topological polar surface area (TPSA) is 74.2 Å². The third-order valence-electron chi connectivity index (χ3n) is 1.44. The molecule has 2 heterocycles. The molecular weight excluding hydrogens is 180 g/mol. The van der Waals surface area contributed by atoms with Gasteiger partial charge in [-0.2, -0.15) is 0 Å². The molecule has 0 radical (unpaired) electrons. The summed E-state index contributed by atoms with van der Waals surface area (Å²) in [6.45, 7) is 2.34. The number of carboxylic acids is 1. The summed E-state index contributed by atoms with van der Waals surface area (Å²) in [6.07, 6.45) is -0.741. The normalized spacial score (nSPS) is 26.6. The van der Waals surface area contributed by atoms with Crippen molar-refractivity contribution < 1.29 is 28.8 Å². The number of rotatable bonds is 1. The Hall–Kier alpha value is -0.690. The fraction of sp³-hybridized carbons (Fsp3) is 0.857. The van der Waals surface area contributed by atoms with E-state index in [2.05, 4.69) is 9.47 Å². The number of aliphatic carboxylic acids is 1. The van der Waals surface area contributed by atoms with Crippen LogP contribution in [-0.4, -0.2) is 50.6 Å². The van der Waals surface area contributed by atoms with Crippen molar-refractivity contribution >= 4 is 5.97 Å². The Labute approximate surface area is 75.3 Å². The molecule has 2 aliphatic heterocycles. The minimum atomic E-state index is -0.956. The van der Waals surface area contributed by atoms with Crippen molar-refractivity contribution in [2.24, 2.45) is 0 Å². The Morgan fingerprint density at radius 1 is 1.15 bits per heavy atom. The van der Waals surface area contributed by atoms with Gasteiger partial charge in [-0.1, -0.05) is 0 Å². The molecule has 1 unspecified atom stereocenters. The van der Waals surface area contributed by atoms with Gasteiger partial charge in [0.1, 0.15) is 13.6 Å². The van der Waals surface area contributed by atoms with E-state index >= 15 is 0 Å². The van der Waals surface area contributed by atoms with E-state index < -0.39 is 12.1 Å². The lowest BCUT2D eigenvalue weighted by Gasteiger charge is -1.95. The molecule has 1 N–H and O–H groups in total. The summed E-state index contributed by atoms with van der Waals surface area (Å²) in [7, 11) is 0. The summed E-state index contributed by atoms with van der Waals surface area (Å²) in [4.78, 5) is 10.00. The van der Waals surface area contributed by atoms with Crippen LogP contribution in [0.4, 0.5) is 0 Å². The van der Waals surface area contributed by atoms with Crippen LogP contribution < -0.4 is 0 Å². The van der Waals surface area contributed by atoms with Crippen molar-refractivity contribution in [3.63, 3.8) is 0 Å². The van der Waals surface area contributed by atoms with Gasteiger partial charge in [-0.15, -0.1) is 0 Å². The fourth-order valence-electron chi connectivity index (χ4n) is 0.771. The second-order valence-corrected chi connectivity index (χ2v) is 2.42. The predicted molar refractivity (Wildman–Crippen MR) is 40.1 cm³/mol. The molecule has 0 aromatic rings. The summed E-state index contributed by atoms with van der Waals surface area (Å²) in [5, 5.41) is 8.21. The number of carbonyl (C=O) groups is 1. The zero-order chi connectivity index (χ0) is 9.52. The van der Waals surface area contributed by atoms with Gasteiger partial charge in [-0.25, -0.2) is 4.79 Å². The van der Waals surface area contributed by atoms with E-state index in [4.69, 9.17) is 14.6 Å². The highest BCUT2D eigenvalue weighted by Crippen LogP contribution is 2.01. The standard InChI is InChI=1S/C4H6O4.C3H6O2/c5-4(6)3-1-7-2-8-3;1-2-5-3-4-1/h3H,1-2H2,(H,5,6);1-3H2. The van der Waals surface area contributed by atoms with E-state index in [0.29, 0.717) is 6.79 Å². The average molecular weight is 192 g/mol. The molecule has 6 heteroatoms. The highest BCUT2D eigenvalue weighted by atomic mass is 16.7. The van der Waals surface area contributed by atoms with Crippen LogP contribution in [0.5, 0.6) is 0 Å². The Balaban J connectivity index is 0.000000145. The van der Waals surface area contributed by atoms with Gasteiger partial charge < -0.3 is 24.1 Å². The summed E-state index contributed by atoms with van der Waals surface area (Å²) in [6, 6.07) is 0. The van der Waals surface area contributed by atoms with Crippen molar-refractivity contribution in [1.82, 2.24) is 0 Å². The maximum absolute atomic E-state index is 10.00. The lowest BCUT2D eigenvalue weighted by atomic mass is 10.4. The third kappa shape index (κ3) is 4.18. The lowest BCUT2D eigenvalue weighted by Crippen LogP contribution is -2.21. The van der Waals surface area contributed by atoms with Crippen molar-refractivity contribution in [3.8, 4) is 0 Å². The summed E-state index contributed by atoms with van der Waals surface area (Å²) in [5.74, 6) is -0.956. The second kappa shape index (κ2) is 5.87. The molecule has 1 atom stereocenters. The molecule has 2 saturated heterocycles. The predicted octanol–water partition coefficient (Wildman–Crippen LogP) is -0.565. The van der Waals surface area contributed by atoms with E-state index in [0.717, 1.165) is 13.2 Å². The van der Waals surface area contributed by atoms with Crippen LogP contribution in [0.25, 0.3) is 0 Å². The molecule has 0 saturated carbocycles. The summed E-state index contributed by atoms with van der Waals surface area (Å²) < 4.78 is 18.7. The van der Waals surface area contributed by atoms with Crippen molar-refractivity contribution in [2.45, 2.75) is 6.10 Å². The Bertz CT molecular complexity index is 141. The van der Waals surface area contributed by atoms with Crippen LogP contribution in [-0.2, 0) is 23.7 Å². The van der Waals surface area contributed by atoms with E-state index in [1.54, 1.807) is 0 Å². The fourth-order valence-corrected chi connectivity index (χ4v) is 0.771. The van der Waals surface area contributed by atoms with Crippen LogP contribution in [0.2, 0.25) is 0 Å². The number of ether oxygens (including phenoxy) is 4. The zero-order valence-corrected chi connectivity index (χ0v) is 7.10. The smallest absolute Gasteiger partial charge is 0.335 e. The van der Waals surface area contributed by atoms with E-state index in [-0.39, 0.29) is 13.4 Å². The number of hydrogen-bond acceptors (Lipinski definition) is 5. The first-order valence-corrected chi connectivity index (χ1v) is 3.88. The highest BCUT2D eigenvalue weighted by Gasteiger charge is 2.22. The van der Waals surface area contributed by atoms with Gasteiger partial charge in [-0.3, -0.25) is 0 Å². The third-order valence-corrected chi connectivity index (χ3v) is 1.44. The molecule has 0 aromatic heterocycles. The molecule has 0 spiro atoms. The van der Waals surface area contributed by atoms with Crippen molar-refractivity contribution in [2.75, 3.05) is 33.4 Å². The van der Waals surface area contributed by atoms with Gasteiger partial charge in [-0.05, 0) is 0 Å². The maximum atomic E-state index is 10.00. The minimum Gasteiger partial charge on any atom is -0.479 e. The quantitative estimate of drug-likeness (QED) is 0.600. The molecule has 13 heavy (non-hydrogen) atoms. The van der Waals surface area contributed by atoms with Gasteiger partial charge >= 0.3 is 5.97 Å². The first-order chi connectivity index (χ1) is 6.30. The average Bonchev–Trinajstić information content (AvgIpc) is 2.82. The van der Waals surface area contributed by atoms with Gasteiger partial charge in [0.25, 0.3) is 0 Å². The summed E-state index contributed by atoms with van der Waals surface area (Å²) in [5.41, 5.74) is 0. The van der Waals surface area contributed by atoms with Crippen LogP contribution >= 0.6 is 0 Å². The largest absolute Gasteiger partial charge is 0.479 e. The Morgan fingerprint density at radius 3 is 2.08 bits per heavy atom. The van der Waals surface area contributed by atoms with Gasteiger partial charge in [0.05, 0.1) is 19.8 Å². The van der Waals surface area contributed by atoms with Crippen LogP contribution in [0.3, 0.4) is 0 Å². The highest BCUT2D eigenvalue weighted by molar-refractivity contribution is 5.72. The van der Waals surface area contributed by atoms with Crippen molar-refractivity contribution in [3.05, 3.63) is 0 Å². The van der Waals surface area contributed by atoms with Crippen LogP contribution in [0.15, 0.2) is 0 Å². The van der Waals surface area contributed by atoms with E-state index in [1.165, 1.54) is 0 Å². The van der Waals surface area contributed by atoms with E-state index in [1.807, 2.05) is 0 Å². The van der Waals surface area contributed by atoms with E-state index in [9.17, 15) is 4.79 Å². The summed E-state index contributed by atoms with van der Waals surface area (Å²) >= 11 is 0. The van der Waals surface area contributed by atoms with Crippen molar-refractivity contribution in [1.29, 1.82) is 0 Å². The van der Waals surface area contributed by atoms with Gasteiger partial charge in [0, 0.05) is 0 Å². The molecule has 0 bridgehead atoms. The van der Waals surface area contributed by atoms with Gasteiger partial charge in [0.15, 0.2) is 6.10 Å². The molecule has 2 rings (SSSR count). The molecule has 76 valence electrons. The maximum Gasteiger partial charge on any atom is 0.335 e. The molecule has 6 nitrogen and oxygen atoms in total. The molecule has 0 amide bonds. The SMILES string of the molecule is C1COCO1.O=C(O)C1COCO1. The molecule has 2 fully saturated rings. The molecular formula is C7H12O6. The lowest BCUT2D eigenvalue weighted by molar-refractivity contribution is -0.146. The minimum absolute atomic E-state index is 0.108. The zero-order valence-electron chi connectivity index (χ0n) is 7.10. The molecule has 0 aromatic carbocycles. The van der Waals surface area contributed by atoms with Crippen LogP contribution in [0.1, 0.15) is 0 Å². The Morgan fingerprint density at radius 2 is 1.85 bits per heavy atom. The number of carboxylic acid groups (broad SMARTS) is 1.